The number of aromatic nitrogens is 2. The highest BCUT2D eigenvalue weighted by Crippen LogP contribution is 2.40. The van der Waals surface area contributed by atoms with Gasteiger partial charge in [-0.3, -0.25) is 9.78 Å². The molecule has 1 amide bonds. The number of methoxy groups -OCH3 is 2. The Morgan fingerprint density at radius 1 is 1.00 bits per heavy atom. The number of likely N-dealkylation sites (N-methyl/N-ethyl adjacent to an activating group) is 1. The zero-order chi connectivity index (χ0) is 29.4. The molecule has 42 heavy (non-hydrogen) atoms. The first kappa shape index (κ1) is 27.7. The van der Waals surface area contributed by atoms with E-state index in [4.69, 9.17) is 28.7 Å². The lowest BCUT2D eigenvalue weighted by Gasteiger charge is -2.24. The highest BCUT2D eigenvalue weighted by atomic mass is 16.7. The van der Waals surface area contributed by atoms with Crippen LogP contribution in [0.1, 0.15) is 32.6 Å². The van der Waals surface area contributed by atoms with Gasteiger partial charge in [0.25, 0.3) is 5.56 Å². The van der Waals surface area contributed by atoms with Crippen LogP contribution >= 0.6 is 0 Å². The van der Waals surface area contributed by atoms with Crippen LogP contribution in [0.3, 0.4) is 0 Å². The molecule has 0 saturated carbocycles. The molecule has 3 heterocycles. The molecule has 6 rings (SSSR count). The lowest BCUT2D eigenvalue weighted by molar-refractivity contribution is 0.0800. The molecule has 0 radical (unpaired) electrons. The first-order valence-corrected chi connectivity index (χ1v) is 14.3. The van der Waals surface area contributed by atoms with Crippen LogP contribution in [0, 0.1) is 5.92 Å². The number of allylic oxidation sites excluding steroid dienone is 1. The lowest BCUT2D eigenvalue weighted by Crippen LogP contribution is -2.35. The summed E-state index contributed by atoms with van der Waals surface area (Å²) in [5.41, 5.74) is 1.13. The average molecular weight is 574 g/mol. The minimum absolute atomic E-state index is 0.123. The topological polar surface area (TPSA) is 101 Å². The minimum Gasteiger partial charge on any atom is -0.493 e. The molecule has 0 N–H and O–H groups in total. The molecule has 10 heteroatoms. The normalized spacial score (nSPS) is 19.0. The van der Waals surface area contributed by atoms with E-state index in [1.54, 1.807) is 37.1 Å². The number of benzene rings is 2. The fourth-order valence-corrected chi connectivity index (χ4v) is 5.77. The molecular formula is C32H35N3O7. The van der Waals surface area contributed by atoms with Crippen LogP contribution in [0.15, 0.2) is 47.4 Å². The Hall–Kier alpha value is -4.47. The second-order valence-corrected chi connectivity index (χ2v) is 11.0. The Balaban J connectivity index is 1.41. The fourth-order valence-electron chi connectivity index (χ4n) is 5.77. The molecule has 2 aromatic heterocycles. The molecule has 1 aliphatic carbocycles. The van der Waals surface area contributed by atoms with Gasteiger partial charge in [0.05, 0.1) is 30.6 Å². The third-order valence-electron chi connectivity index (χ3n) is 8.24. The van der Waals surface area contributed by atoms with E-state index in [1.807, 2.05) is 18.2 Å². The van der Waals surface area contributed by atoms with E-state index >= 15 is 0 Å². The summed E-state index contributed by atoms with van der Waals surface area (Å²) in [6.45, 7) is 2.84. The summed E-state index contributed by atoms with van der Waals surface area (Å²) >= 11 is 0. The van der Waals surface area contributed by atoms with E-state index in [2.05, 4.69) is 13.0 Å². The zero-order valence-corrected chi connectivity index (χ0v) is 24.3. The van der Waals surface area contributed by atoms with Crippen molar-refractivity contribution in [1.82, 2.24) is 14.5 Å². The maximum Gasteiger partial charge on any atom is 0.410 e. The molecule has 10 nitrogen and oxygen atoms in total. The third kappa shape index (κ3) is 5.06. The molecule has 0 fully saturated rings. The Labute approximate surface area is 243 Å². The van der Waals surface area contributed by atoms with E-state index in [9.17, 15) is 9.59 Å². The Kier molecular flexibility index (Phi) is 7.53. The van der Waals surface area contributed by atoms with Gasteiger partial charge in [-0.1, -0.05) is 13.0 Å². The van der Waals surface area contributed by atoms with Crippen molar-refractivity contribution in [2.45, 2.75) is 45.3 Å². The highest BCUT2D eigenvalue weighted by Gasteiger charge is 2.23. The van der Waals surface area contributed by atoms with Crippen molar-refractivity contribution in [3.63, 3.8) is 0 Å². The standard InChI is InChI=1S/C32H35N3O7/c1-19-7-5-6-8-20(10-9-19)42-32(37)34(2)11-12-35-30-23-15-28-29(41-18-40-28)16-25(23)33-17-24(30)21-13-26(38-3)27(39-4)14-22(21)31(35)36/h6,8,13-17,19-20H,5,7,9-12,18H2,1-4H3/b8-6+/t19?,20-/m0/s1. The maximum absolute atomic E-state index is 14.1. The van der Waals surface area contributed by atoms with Crippen LogP contribution in [0.5, 0.6) is 23.0 Å². The Morgan fingerprint density at radius 2 is 1.74 bits per heavy atom. The van der Waals surface area contributed by atoms with E-state index in [-0.39, 0.29) is 31.5 Å². The number of ether oxygens (including phenoxy) is 5. The summed E-state index contributed by atoms with van der Waals surface area (Å²) in [4.78, 5) is 33.4. The van der Waals surface area contributed by atoms with Gasteiger partial charge < -0.3 is 33.2 Å². The molecule has 4 aromatic rings. The molecule has 1 aliphatic heterocycles. The Morgan fingerprint density at radius 3 is 2.50 bits per heavy atom. The van der Waals surface area contributed by atoms with Gasteiger partial charge in [0, 0.05) is 48.6 Å². The third-order valence-corrected chi connectivity index (χ3v) is 8.24. The number of hydrogen-bond donors (Lipinski definition) is 0. The van der Waals surface area contributed by atoms with Crippen molar-refractivity contribution in [3.05, 3.63) is 53.0 Å². The highest BCUT2D eigenvalue weighted by molar-refractivity contribution is 6.15. The van der Waals surface area contributed by atoms with Crippen LogP contribution in [0.4, 0.5) is 4.79 Å². The van der Waals surface area contributed by atoms with Crippen LogP contribution in [0.25, 0.3) is 32.6 Å². The number of rotatable bonds is 6. The number of nitrogens with zero attached hydrogens (tertiary/aromatic N) is 3. The smallest absolute Gasteiger partial charge is 0.410 e. The maximum atomic E-state index is 14.1. The lowest BCUT2D eigenvalue weighted by atomic mass is 9.95. The quantitative estimate of drug-likeness (QED) is 0.215. The van der Waals surface area contributed by atoms with Crippen LogP contribution in [0.2, 0.25) is 0 Å². The number of pyridine rings is 2. The van der Waals surface area contributed by atoms with Gasteiger partial charge in [0.2, 0.25) is 6.79 Å². The van der Waals surface area contributed by atoms with Crippen molar-refractivity contribution < 1.29 is 28.5 Å². The van der Waals surface area contributed by atoms with Crippen molar-refractivity contribution in [2.24, 2.45) is 5.92 Å². The van der Waals surface area contributed by atoms with E-state index < -0.39 is 6.09 Å². The van der Waals surface area contributed by atoms with Crippen LogP contribution < -0.4 is 24.5 Å². The number of hydrogen-bond acceptors (Lipinski definition) is 8. The van der Waals surface area contributed by atoms with E-state index in [0.717, 1.165) is 36.5 Å². The van der Waals surface area contributed by atoms with Crippen molar-refractivity contribution in [1.29, 1.82) is 0 Å². The number of amides is 1. The summed E-state index contributed by atoms with van der Waals surface area (Å²) in [6, 6.07) is 7.17. The predicted molar refractivity (Wildman–Crippen MR) is 160 cm³/mol. The molecule has 220 valence electrons. The van der Waals surface area contributed by atoms with Gasteiger partial charge >= 0.3 is 6.09 Å². The summed E-state index contributed by atoms with van der Waals surface area (Å²) in [5.74, 6) is 2.76. The zero-order valence-electron chi connectivity index (χ0n) is 24.3. The summed E-state index contributed by atoms with van der Waals surface area (Å²) in [6.07, 6.45) is 9.12. The van der Waals surface area contributed by atoms with Gasteiger partial charge in [0.1, 0.15) is 6.10 Å². The molecule has 2 aliphatic rings. The fraction of sp³-hybridized carbons (Fsp3) is 0.406. The van der Waals surface area contributed by atoms with Crippen LogP contribution in [-0.4, -0.2) is 61.3 Å². The van der Waals surface area contributed by atoms with Crippen molar-refractivity contribution >= 4 is 38.7 Å². The number of carbonyl (C=O) groups is 1. The second-order valence-electron chi connectivity index (χ2n) is 11.0. The van der Waals surface area contributed by atoms with Gasteiger partial charge in [-0.2, -0.15) is 0 Å². The molecule has 1 unspecified atom stereocenters. The summed E-state index contributed by atoms with van der Waals surface area (Å²) in [5, 5.41) is 2.65. The molecule has 0 saturated heterocycles. The van der Waals surface area contributed by atoms with E-state index in [1.165, 1.54) is 12.0 Å². The van der Waals surface area contributed by atoms with E-state index in [0.29, 0.717) is 50.7 Å². The monoisotopic (exact) mass is 573 g/mol. The SMILES string of the molecule is COc1cc2c(=O)n(CCN(C)C(=O)O[C@H]3/C=C/CCC(C)CC3)c3c4cc5c(cc4ncc3c2cc1OC)OCO5. The van der Waals surface area contributed by atoms with Crippen LogP contribution in [-0.2, 0) is 11.3 Å². The molecular weight excluding hydrogens is 538 g/mol. The molecule has 2 atom stereocenters. The minimum atomic E-state index is -0.419. The molecule has 0 spiro atoms. The second kappa shape index (κ2) is 11.4. The predicted octanol–water partition coefficient (Wildman–Crippen LogP) is 5.65. The largest absolute Gasteiger partial charge is 0.493 e. The first-order chi connectivity index (χ1) is 20.4. The molecule has 0 bridgehead atoms. The molecule has 2 aromatic carbocycles. The van der Waals surface area contributed by atoms with Crippen molar-refractivity contribution in [2.75, 3.05) is 34.6 Å². The Bertz CT molecular complexity index is 1760. The van der Waals surface area contributed by atoms with Crippen molar-refractivity contribution in [3.8, 4) is 23.0 Å². The van der Waals surface area contributed by atoms with Gasteiger partial charge in [0.15, 0.2) is 23.0 Å². The number of carbonyl (C=O) groups excluding carboxylic acids is 1. The average Bonchev–Trinajstić information content (AvgIpc) is 3.45. The van der Waals surface area contributed by atoms with Gasteiger partial charge in [-0.05, 0) is 55.9 Å². The first-order valence-electron chi connectivity index (χ1n) is 14.3. The summed E-state index contributed by atoms with van der Waals surface area (Å²) < 4.78 is 29.8. The number of fused-ring (bicyclic) bond motifs is 6. The summed E-state index contributed by atoms with van der Waals surface area (Å²) in [7, 11) is 4.79. The van der Waals surface area contributed by atoms with Gasteiger partial charge in [-0.25, -0.2) is 4.79 Å². The van der Waals surface area contributed by atoms with Gasteiger partial charge in [-0.15, -0.1) is 0 Å².